The zero-order valence-corrected chi connectivity index (χ0v) is 11.7. The van der Waals surface area contributed by atoms with Gasteiger partial charge in [-0.05, 0) is 42.3 Å². The molecule has 0 radical (unpaired) electrons. The van der Waals surface area contributed by atoms with Crippen molar-refractivity contribution in [2.24, 2.45) is 10.7 Å². The Balaban J connectivity index is 2.09. The molecule has 5 heteroatoms. The minimum Gasteiger partial charge on any atom is -0.361 e. The molecule has 2 aromatic rings. The van der Waals surface area contributed by atoms with Crippen LogP contribution >= 0.6 is 0 Å². The highest BCUT2D eigenvalue weighted by Gasteiger charge is 2.18. The van der Waals surface area contributed by atoms with Crippen LogP contribution in [0.15, 0.2) is 41.5 Å². The summed E-state index contributed by atoms with van der Waals surface area (Å²) in [6, 6.07) is 9.03. The van der Waals surface area contributed by atoms with E-state index in [0.717, 1.165) is 28.9 Å². The molecule has 3 rings (SSSR count). The number of hydrogen-bond acceptors (Lipinski definition) is 2. The lowest BCUT2D eigenvalue weighted by Crippen LogP contribution is -2.19. The van der Waals surface area contributed by atoms with Gasteiger partial charge in [-0.15, -0.1) is 0 Å². The highest BCUT2D eigenvalue weighted by molar-refractivity contribution is 6.24. The Morgan fingerprint density at radius 1 is 1.38 bits per heavy atom. The van der Waals surface area contributed by atoms with Gasteiger partial charge in [-0.3, -0.25) is 4.99 Å². The lowest BCUT2D eigenvalue weighted by Gasteiger charge is -2.09. The van der Waals surface area contributed by atoms with Crippen LogP contribution in [-0.2, 0) is 0 Å². The van der Waals surface area contributed by atoms with Gasteiger partial charge in [0.05, 0.1) is 5.69 Å². The SMILES string of the molecule is CCC(=C1C=Nc2ccc(NC(N)=O)cc21)c1ccc[nH]1. The molecule has 1 aromatic heterocycles. The van der Waals surface area contributed by atoms with E-state index < -0.39 is 6.03 Å². The standard InChI is InChI=1S/C16H16N4O/c1-2-11(14-4-3-7-18-14)13-9-19-15-6-5-10(8-12(13)15)20-16(17)21/h3-9,18H,2H2,1H3,(H3,17,20,21). The number of carbonyl (C=O) groups excluding carboxylic acids is 1. The van der Waals surface area contributed by atoms with Gasteiger partial charge in [0.15, 0.2) is 0 Å². The normalized spacial score (nSPS) is 14.9. The van der Waals surface area contributed by atoms with Gasteiger partial charge in [0.25, 0.3) is 0 Å². The molecule has 5 nitrogen and oxygen atoms in total. The van der Waals surface area contributed by atoms with Crippen LogP contribution < -0.4 is 11.1 Å². The van der Waals surface area contributed by atoms with Crippen molar-refractivity contribution in [3.05, 3.63) is 47.8 Å². The van der Waals surface area contributed by atoms with Gasteiger partial charge in [0.1, 0.15) is 0 Å². The van der Waals surface area contributed by atoms with Crippen molar-refractivity contribution in [2.45, 2.75) is 13.3 Å². The summed E-state index contributed by atoms with van der Waals surface area (Å²) >= 11 is 0. The highest BCUT2D eigenvalue weighted by atomic mass is 16.2. The van der Waals surface area contributed by atoms with E-state index in [1.54, 1.807) is 6.07 Å². The van der Waals surface area contributed by atoms with Crippen LogP contribution in [0.25, 0.3) is 11.1 Å². The second-order valence-electron chi connectivity index (χ2n) is 4.81. The van der Waals surface area contributed by atoms with E-state index in [1.807, 2.05) is 36.7 Å². The first-order chi connectivity index (χ1) is 10.2. The van der Waals surface area contributed by atoms with Crippen LogP contribution in [0.1, 0.15) is 24.6 Å². The van der Waals surface area contributed by atoms with Crippen molar-refractivity contribution in [1.29, 1.82) is 0 Å². The molecule has 0 saturated carbocycles. The van der Waals surface area contributed by atoms with E-state index in [0.29, 0.717) is 5.69 Å². The number of hydrogen-bond donors (Lipinski definition) is 3. The molecule has 0 aliphatic carbocycles. The number of anilines is 1. The number of aliphatic imine (C=N–C) groups is 1. The van der Waals surface area contributed by atoms with Gasteiger partial charge in [-0.1, -0.05) is 6.92 Å². The Morgan fingerprint density at radius 2 is 2.24 bits per heavy atom. The monoisotopic (exact) mass is 280 g/mol. The Kier molecular flexibility index (Phi) is 3.31. The third kappa shape index (κ3) is 2.45. The predicted octanol–water partition coefficient (Wildman–Crippen LogP) is 3.54. The van der Waals surface area contributed by atoms with Crippen molar-refractivity contribution >= 4 is 34.8 Å². The number of H-pyrrole nitrogens is 1. The maximum absolute atomic E-state index is 11.0. The number of primary amides is 1. The van der Waals surface area contributed by atoms with Crippen molar-refractivity contribution < 1.29 is 4.79 Å². The number of nitrogens with zero attached hydrogens (tertiary/aromatic N) is 1. The molecule has 21 heavy (non-hydrogen) atoms. The molecule has 0 unspecified atom stereocenters. The van der Waals surface area contributed by atoms with E-state index in [9.17, 15) is 4.79 Å². The number of amides is 2. The lowest BCUT2D eigenvalue weighted by atomic mass is 9.97. The fraction of sp³-hybridized carbons (Fsp3) is 0.125. The van der Waals surface area contributed by atoms with E-state index in [1.165, 1.54) is 5.57 Å². The summed E-state index contributed by atoms with van der Waals surface area (Å²) < 4.78 is 0. The van der Waals surface area contributed by atoms with E-state index in [4.69, 9.17) is 5.73 Å². The number of fused-ring (bicyclic) bond motifs is 1. The van der Waals surface area contributed by atoms with Gasteiger partial charge in [-0.25, -0.2) is 4.79 Å². The third-order valence-electron chi connectivity index (χ3n) is 3.49. The second-order valence-corrected chi connectivity index (χ2v) is 4.81. The van der Waals surface area contributed by atoms with Gasteiger partial charge >= 0.3 is 6.03 Å². The lowest BCUT2D eigenvalue weighted by molar-refractivity contribution is 0.259. The van der Waals surface area contributed by atoms with Gasteiger partial charge in [-0.2, -0.15) is 0 Å². The largest absolute Gasteiger partial charge is 0.361 e. The number of aromatic amines is 1. The number of rotatable bonds is 3. The number of carbonyl (C=O) groups is 1. The first-order valence-corrected chi connectivity index (χ1v) is 6.81. The Bertz CT molecular complexity index is 742. The molecular formula is C16H16N4O. The fourth-order valence-corrected chi connectivity index (χ4v) is 2.57. The highest BCUT2D eigenvalue weighted by Crippen LogP contribution is 2.38. The minimum atomic E-state index is -0.570. The maximum atomic E-state index is 11.0. The topological polar surface area (TPSA) is 83.3 Å². The molecule has 0 bridgehead atoms. The fourth-order valence-electron chi connectivity index (χ4n) is 2.57. The Hall–Kier alpha value is -2.82. The minimum absolute atomic E-state index is 0.570. The van der Waals surface area contributed by atoms with Crippen molar-refractivity contribution in [3.63, 3.8) is 0 Å². The van der Waals surface area contributed by atoms with Crippen LogP contribution in [0.4, 0.5) is 16.2 Å². The zero-order valence-electron chi connectivity index (χ0n) is 11.7. The summed E-state index contributed by atoms with van der Waals surface area (Å²) in [5.41, 5.74) is 11.1. The number of urea groups is 1. The number of nitrogens with one attached hydrogen (secondary N) is 2. The molecule has 1 aromatic carbocycles. The second kappa shape index (κ2) is 5.28. The molecule has 106 valence electrons. The molecule has 4 N–H and O–H groups in total. The molecule has 0 spiro atoms. The summed E-state index contributed by atoms with van der Waals surface area (Å²) in [7, 11) is 0. The molecule has 2 amide bonds. The average Bonchev–Trinajstić information content (AvgIpc) is 3.10. The molecule has 2 heterocycles. The van der Waals surface area contributed by atoms with Crippen LogP contribution in [0.5, 0.6) is 0 Å². The Labute approximate surface area is 122 Å². The van der Waals surface area contributed by atoms with Crippen molar-refractivity contribution in [1.82, 2.24) is 4.98 Å². The zero-order chi connectivity index (χ0) is 14.8. The summed E-state index contributed by atoms with van der Waals surface area (Å²) in [5.74, 6) is 0. The van der Waals surface area contributed by atoms with Gasteiger partial charge < -0.3 is 16.0 Å². The van der Waals surface area contributed by atoms with Gasteiger partial charge in [0, 0.05) is 34.9 Å². The number of aromatic nitrogens is 1. The summed E-state index contributed by atoms with van der Waals surface area (Å²) in [5, 5.41) is 2.60. The molecule has 0 fully saturated rings. The van der Waals surface area contributed by atoms with Crippen LogP contribution in [-0.4, -0.2) is 17.2 Å². The Morgan fingerprint density at radius 3 is 2.90 bits per heavy atom. The summed E-state index contributed by atoms with van der Waals surface area (Å²) in [4.78, 5) is 18.7. The smallest absolute Gasteiger partial charge is 0.316 e. The van der Waals surface area contributed by atoms with E-state index in [-0.39, 0.29) is 0 Å². The predicted molar refractivity (Wildman–Crippen MR) is 85.7 cm³/mol. The van der Waals surface area contributed by atoms with Crippen LogP contribution in [0.3, 0.4) is 0 Å². The number of allylic oxidation sites excluding steroid dienone is 2. The average molecular weight is 280 g/mol. The van der Waals surface area contributed by atoms with Crippen molar-refractivity contribution in [2.75, 3.05) is 5.32 Å². The van der Waals surface area contributed by atoms with Crippen LogP contribution in [0.2, 0.25) is 0 Å². The van der Waals surface area contributed by atoms with Gasteiger partial charge in [0.2, 0.25) is 0 Å². The molecule has 0 saturated heterocycles. The third-order valence-corrected chi connectivity index (χ3v) is 3.49. The number of nitrogens with two attached hydrogens (primary N) is 1. The summed E-state index contributed by atoms with van der Waals surface area (Å²) in [6.45, 7) is 2.11. The van der Waals surface area contributed by atoms with Crippen molar-refractivity contribution in [3.8, 4) is 0 Å². The summed E-state index contributed by atoms with van der Waals surface area (Å²) in [6.07, 6.45) is 4.66. The quantitative estimate of drug-likeness (QED) is 0.789. The van der Waals surface area contributed by atoms with E-state index in [2.05, 4.69) is 22.2 Å². The van der Waals surface area contributed by atoms with E-state index >= 15 is 0 Å². The molecular weight excluding hydrogens is 264 g/mol. The molecule has 1 aliphatic heterocycles. The number of benzene rings is 1. The molecule has 0 atom stereocenters. The first kappa shape index (κ1) is 13.2. The molecule has 1 aliphatic rings. The first-order valence-electron chi connectivity index (χ1n) is 6.81. The maximum Gasteiger partial charge on any atom is 0.316 e. The van der Waals surface area contributed by atoms with Crippen LogP contribution in [0, 0.1) is 0 Å².